The molecule has 2 atom stereocenters. The second-order valence-corrected chi connectivity index (χ2v) is 3.08. The van der Waals surface area contributed by atoms with E-state index in [1.807, 2.05) is 5.92 Å². The van der Waals surface area contributed by atoms with Crippen molar-refractivity contribution in [2.75, 3.05) is 0 Å². The van der Waals surface area contributed by atoms with Crippen LogP contribution >= 0.6 is 0 Å². The summed E-state index contributed by atoms with van der Waals surface area (Å²) in [5.41, 5.74) is 0. The van der Waals surface area contributed by atoms with Crippen LogP contribution in [0.15, 0.2) is 0 Å². The maximum atomic E-state index is 10.8. The number of hydrogen-bond donors (Lipinski definition) is 2. The predicted octanol–water partition coefficient (Wildman–Crippen LogP) is 0.0393. The topological polar surface area (TPSA) is 49.3 Å². The molecule has 0 heterocycles. The van der Waals surface area contributed by atoms with Gasteiger partial charge in [-0.25, -0.2) is 0 Å². The summed E-state index contributed by atoms with van der Waals surface area (Å²) in [4.78, 5) is 10.8. The van der Waals surface area contributed by atoms with Crippen molar-refractivity contribution >= 4 is 5.91 Å². The Morgan fingerprint density at radius 2 is 2.17 bits per heavy atom. The van der Waals surface area contributed by atoms with E-state index in [1.165, 1.54) is 0 Å². The van der Waals surface area contributed by atoms with Gasteiger partial charge in [-0.1, -0.05) is 12.8 Å². The molecular formula is C9H13NO2. The molecule has 0 unspecified atom stereocenters. The Kier molecular flexibility index (Phi) is 3.12. The number of aliphatic hydroxyl groups is 1. The molecule has 0 aromatic rings. The number of amides is 1. The van der Waals surface area contributed by atoms with Gasteiger partial charge in [0, 0.05) is 0 Å². The maximum absolute atomic E-state index is 10.8. The van der Waals surface area contributed by atoms with Crippen LogP contribution < -0.4 is 5.32 Å². The smallest absolute Gasteiger partial charge is 0.295 e. The van der Waals surface area contributed by atoms with Gasteiger partial charge in [-0.3, -0.25) is 4.79 Å². The van der Waals surface area contributed by atoms with Gasteiger partial charge in [-0.05, 0) is 18.8 Å². The molecule has 1 saturated carbocycles. The van der Waals surface area contributed by atoms with Crippen LogP contribution in [0.2, 0.25) is 0 Å². The summed E-state index contributed by atoms with van der Waals surface area (Å²) >= 11 is 0. The zero-order chi connectivity index (χ0) is 8.97. The van der Waals surface area contributed by atoms with Crippen LogP contribution in [-0.4, -0.2) is 23.2 Å². The first-order valence-corrected chi connectivity index (χ1v) is 4.19. The van der Waals surface area contributed by atoms with Crippen molar-refractivity contribution in [3.8, 4) is 12.3 Å². The average Bonchev–Trinajstić information content (AvgIpc) is 2.09. The third-order valence-electron chi connectivity index (χ3n) is 2.18. The lowest BCUT2D eigenvalue weighted by atomic mass is 9.92. The van der Waals surface area contributed by atoms with Crippen LogP contribution in [0.3, 0.4) is 0 Å². The fraction of sp³-hybridized carbons (Fsp3) is 0.667. The van der Waals surface area contributed by atoms with Crippen molar-refractivity contribution in [2.24, 2.45) is 0 Å². The van der Waals surface area contributed by atoms with Crippen LogP contribution in [0, 0.1) is 12.3 Å². The minimum Gasteiger partial charge on any atom is -0.391 e. The van der Waals surface area contributed by atoms with E-state index in [1.54, 1.807) is 0 Å². The third-order valence-corrected chi connectivity index (χ3v) is 2.18. The molecule has 1 amide bonds. The summed E-state index contributed by atoms with van der Waals surface area (Å²) in [5.74, 6) is 1.54. The normalized spacial score (nSPS) is 29.0. The van der Waals surface area contributed by atoms with Gasteiger partial charge in [0.25, 0.3) is 5.91 Å². The van der Waals surface area contributed by atoms with E-state index < -0.39 is 12.0 Å². The molecule has 0 bridgehead atoms. The fourth-order valence-electron chi connectivity index (χ4n) is 1.49. The highest BCUT2D eigenvalue weighted by Crippen LogP contribution is 2.17. The number of terminal acetylenes is 1. The molecule has 0 aromatic carbocycles. The maximum Gasteiger partial charge on any atom is 0.295 e. The van der Waals surface area contributed by atoms with Crippen molar-refractivity contribution < 1.29 is 9.90 Å². The molecule has 0 aliphatic heterocycles. The van der Waals surface area contributed by atoms with Gasteiger partial charge in [0.05, 0.1) is 12.1 Å². The number of carbonyl (C=O) groups is 1. The van der Waals surface area contributed by atoms with Crippen molar-refractivity contribution in [1.29, 1.82) is 0 Å². The fourth-order valence-corrected chi connectivity index (χ4v) is 1.49. The highest BCUT2D eigenvalue weighted by molar-refractivity contribution is 5.93. The minimum atomic E-state index is -0.430. The molecule has 2 N–H and O–H groups in total. The highest BCUT2D eigenvalue weighted by atomic mass is 16.3. The van der Waals surface area contributed by atoms with E-state index in [9.17, 15) is 9.90 Å². The van der Waals surface area contributed by atoms with E-state index in [4.69, 9.17) is 6.42 Å². The highest BCUT2D eigenvalue weighted by Gasteiger charge is 2.23. The van der Waals surface area contributed by atoms with Gasteiger partial charge >= 0.3 is 0 Å². The Hall–Kier alpha value is -1.01. The van der Waals surface area contributed by atoms with Crippen molar-refractivity contribution in [2.45, 2.75) is 37.8 Å². The predicted molar refractivity (Wildman–Crippen MR) is 45.2 cm³/mol. The van der Waals surface area contributed by atoms with E-state index in [2.05, 4.69) is 5.32 Å². The van der Waals surface area contributed by atoms with Crippen molar-refractivity contribution in [3.05, 3.63) is 0 Å². The van der Waals surface area contributed by atoms with Crippen LogP contribution in [0.5, 0.6) is 0 Å². The van der Waals surface area contributed by atoms with Gasteiger partial charge in [0.2, 0.25) is 0 Å². The molecule has 1 fully saturated rings. The molecular weight excluding hydrogens is 154 g/mol. The number of hydrogen-bond acceptors (Lipinski definition) is 2. The Labute approximate surface area is 72.2 Å². The molecule has 3 heteroatoms. The molecule has 1 aliphatic carbocycles. The summed E-state index contributed by atoms with van der Waals surface area (Å²) < 4.78 is 0. The van der Waals surface area contributed by atoms with Crippen molar-refractivity contribution in [1.82, 2.24) is 5.32 Å². The molecule has 3 nitrogen and oxygen atoms in total. The summed E-state index contributed by atoms with van der Waals surface area (Å²) in [6.45, 7) is 0. The average molecular weight is 167 g/mol. The first kappa shape index (κ1) is 9.08. The minimum absolute atomic E-state index is 0.137. The van der Waals surface area contributed by atoms with Crippen LogP contribution in [0.1, 0.15) is 25.7 Å². The molecule has 1 aliphatic rings. The van der Waals surface area contributed by atoms with E-state index >= 15 is 0 Å². The first-order chi connectivity index (χ1) is 5.74. The lowest BCUT2D eigenvalue weighted by Crippen LogP contribution is -2.44. The number of carbonyl (C=O) groups excluding carboxylic acids is 1. The monoisotopic (exact) mass is 167 g/mol. The number of aliphatic hydroxyl groups excluding tert-OH is 1. The van der Waals surface area contributed by atoms with Gasteiger partial charge in [0.1, 0.15) is 0 Å². The zero-order valence-corrected chi connectivity index (χ0v) is 6.92. The Balaban J connectivity index is 2.40. The van der Waals surface area contributed by atoms with Gasteiger partial charge in [-0.2, -0.15) is 0 Å². The molecule has 1 rings (SSSR count). The van der Waals surface area contributed by atoms with E-state index in [0.29, 0.717) is 0 Å². The molecule has 12 heavy (non-hydrogen) atoms. The quantitative estimate of drug-likeness (QED) is 0.542. The molecule has 0 radical (unpaired) electrons. The lowest BCUT2D eigenvalue weighted by Gasteiger charge is -2.27. The Morgan fingerprint density at radius 1 is 1.50 bits per heavy atom. The zero-order valence-electron chi connectivity index (χ0n) is 6.92. The second kappa shape index (κ2) is 4.13. The summed E-state index contributed by atoms with van der Waals surface area (Å²) in [6.07, 6.45) is 8.14. The van der Waals surface area contributed by atoms with Gasteiger partial charge in [-0.15, -0.1) is 6.42 Å². The van der Waals surface area contributed by atoms with Crippen LogP contribution in [0.4, 0.5) is 0 Å². The van der Waals surface area contributed by atoms with Gasteiger partial charge < -0.3 is 10.4 Å². The third kappa shape index (κ3) is 2.24. The van der Waals surface area contributed by atoms with E-state index in [0.717, 1.165) is 25.7 Å². The van der Waals surface area contributed by atoms with Crippen LogP contribution in [0.25, 0.3) is 0 Å². The SMILES string of the molecule is C#CC(=O)N[C@@H]1CCCC[C@H]1O. The van der Waals surface area contributed by atoms with Gasteiger partial charge in [0.15, 0.2) is 0 Å². The molecule has 0 spiro atoms. The number of nitrogens with one attached hydrogen (secondary N) is 1. The van der Waals surface area contributed by atoms with Crippen LogP contribution in [-0.2, 0) is 4.79 Å². The van der Waals surface area contributed by atoms with E-state index in [-0.39, 0.29) is 6.04 Å². The number of rotatable bonds is 1. The molecule has 66 valence electrons. The Morgan fingerprint density at radius 3 is 2.75 bits per heavy atom. The second-order valence-electron chi connectivity index (χ2n) is 3.08. The summed E-state index contributed by atoms with van der Waals surface area (Å²) in [5, 5.41) is 12.0. The molecule has 0 saturated heterocycles. The lowest BCUT2D eigenvalue weighted by molar-refractivity contribution is -0.117. The Bertz CT molecular complexity index is 207. The summed E-state index contributed by atoms with van der Waals surface area (Å²) in [6, 6.07) is -0.137. The van der Waals surface area contributed by atoms with Crippen molar-refractivity contribution in [3.63, 3.8) is 0 Å². The molecule has 0 aromatic heterocycles. The largest absolute Gasteiger partial charge is 0.391 e. The standard InChI is InChI=1S/C9H13NO2/c1-2-9(12)10-7-5-3-4-6-8(7)11/h1,7-8,11H,3-6H2,(H,10,12)/t7-,8-/m1/s1. The first-order valence-electron chi connectivity index (χ1n) is 4.19. The summed E-state index contributed by atoms with van der Waals surface area (Å²) in [7, 11) is 0.